The fourth-order valence-electron chi connectivity index (χ4n) is 1.68. The van der Waals surface area contributed by atoms with Crippen LogP contribution >= 0.6 is 27.7 Å². The number of H-pyrrole nitrogens is 1. The number of benzene rings is 1. The van der Waals surface area contributed by atoms with Crippen molar-refractivity contribution in [3.05, 3.63) is 44.9 Å². The number of hydrogen-bond donors (Lipinski definition) is 2. The first kappa shape index (κ1) is 14.1. The Morgan fingerprint density at radius 2 is 2.16 bits per heavy atom. The van der Waals surface area contributed by atoms with Gasteiger partial charge >= 0.3 is 0 Å². The van der Waals surface area contributed by atoms with Crippen LogP contribution < -0.4 is 5.56 Å². The molecule has 0 spiro atoms. The van der Waals surface area contributed by atoms with Gasteiger partial charge in [-0.15, -0.1) is 0 Å². The molecule has 0 aliphatic rings. The Morgan fingerprint density at radius 1 is 1.42 bits per heavy atom. The summed E-state index contributed by atoms with van der Waals surface area (Å²) in [5, 5.41) is 9.99. The van der Waals surface area contributed by atoms with Crippen molar-refractivity contribution in [1.29, 1.82) is 0 Å². The summed E-state index contributed by atoms with van der Waals surface area (Å²) < 4.78 is 0.744. The molecule has 4 nitrogen and oxygen atoms in total. The Balaban J connectivity index is 2.49. The zero-order chi connectivity index (χ0) is 13.8. The van der Waals surface area contributed by atoms with Crippen molar-refractivity contribution in [1.82, 2.24) is 9.97 Å². The van der Waals surface area contributed by atoms with Crippen molar-refractivity contribution >= 4 is 27.7 Å². The lowest BCUT2D eigenvalue weighted by Gasteiger charge is -2.07. The third-order valence-electron chi connectivity index (χ3n) is 2.54. The van der Waals surface area contributed by atoms with Crippen LogP contribution in [0.4, 0.5) is 0 Å². The average Bonchev–Trinajstić information content (AvgIpc) is 2.38. The smallest absolute Gasteiger partial charge is 0.262 e. The molecule has 0 radical (unpaired) electrons. The Morgan fingerprint density at radius 3 is 2.79 bits per heavy atom. The average molecular weight is 341 g/mol. The second kappa shape index (κ2) is 6.25. The molecule has 100 valence electrons. The highest BCUT2D eigenvalue weighted by Crippen LogP contribution is 2.30. The van der Waals surface area contributed by atoms with E-state index in [0.717, 1.165) is 10.2 Å². The van der Waals surface area contributed by atoms with Gasteiger partial charge in [-0.1, -0.05) is 41.1 Å². The summed E-state index contributed by atoms with van der Waals surface area (Å²) in [6.07, 6.45) is 0. The highest BCUT2D eigenvalue weighted by atomic mass is 79.9. The fourth-order valence-corrected chi connectivity index (χ4v) is 2.70. The van der Waals surface area contributed by atoms with Crippen molar-refractivity contribution in [3.63, 3.8) is 0 Å². The van der Waals surface area contributed by atoms with Gasteiger partial charge in [-0.3, -0.25) is 4.79 Å². The van der Waals surface area contributed by atoms with Gasteiger partial charge in [0, 0.05) is 10.0 Å². The maximum atomic E-state index is 12.1. The molecule has 0 aliphatic carbocycles. The maximum Gasteiger partial charge on any atom is 0.262 e. The fraction of sp³-hybridized carbons (Fsp3) is 0.231. The van der Waals surface area contributed by atoms with E-state index < -0.39 is 0 Å². The number of nitrogens with zero attached hydrogens (tertiary/aromatic N) is 1. The molecule has 0 aliphatic heterocycles. The number of hydrogen-bond acceptors (Lipinski definition) is 4. The third-order valence-corrected chi connectivity index (χ3v) is 4.11. The van der Waals surface area contributed by atoms with E-state index >= 15 is 0 Å². The molecule has 6 heteroatoms. The predicted molar refractivity (Wildman–Crippen MR) is 81.5 cm³/mol. The van der Waals surface area contributed by atoms with Gasteiger partial charge in [0.25, 0.3) is 5.56 Å². The molecule has 0 atom stereocenters. The molecule has 1 heterocycles. The summed E-state index contributed by atoms with van der Waals surface area (Å²) >= 11 is 5.00. The number of aromatic nitrogens is 2. The summed E-state index contributed by atoms with van der Waals surface area (Å²) in [6.45, 7) is 2.03. The first-order chi connectivity index (χ1) is 9.13. The predicted octanol–water partition coefficient (Wildman–Crippen LogP) is 3.16. The largest absolute Gasteiger partial charge is 0.493 e. The standard InChI is InChI=1S/C13H13BrN2O2S/c1-2-19-7-10-15-12(17)11(13(18)16-10)8-5-3-4-6-9(8)14/h3-6H,2,7H2,1H3,(H2,15,16,17,18). The lowest BCUT2D eigenvalue weighted by atomic mass is 10.1. The van der Waals surface area contributed by atoms with E-state index in [1.165, 1.54) is 0 Å². The maximum absolute atomic E-state index is 12.1. The Bertz CT molecular complexity index is 643. The monoisotopic (exact) mass is 340 g/mol. The Kier molecular flexibility index (Phi) is 4.66. The van der Waals surface area contributed by atoms with Crippen LogP contribution in [0.3, 0.4) is 0 Å². The van der Waals surface area contributed by atoms with E-state index in [4.69, 9.17) is 0 Å². The minimum Gasteiger partial charge on any atom is -0.493 e. The molecule has 1 aromatic carbocycles. The number of nitrogens with one attached hydrogen (secondary N) is 1. The van der Waals surface area contributed by atoms with Crippen molar-refractivity contribution < 1.29 is 5.11 Å². The van der Waals surface area contributed by atoms with Crippen molar-refractivity contribution in [2.75, 3.05) is 5.75 Å². The first-order valence-electron chi connectivity index (χ1n) is 5.78. The molecule has 0 bridgehead atoms. The van der Waals surface area contributed by atoms with Gasteiger partial charge in [-0.2, -0.15) is 16.7 Å². The number of rotatable bonds is 4. The first-order valence-corrected chi connectivity index (χ1v) is 7.73. The second-order valence-corrected chi connectivity index (χ2v) is 5.96. The molecule has 2 rings (SSSR count). The number of thioether (sulfide) groups is 1. The summed E-state index contributed by atoms with van der Waals surface area (Å²) in [4.78, 5) is 18.8. The normalized spacial score (nSPS) is 10.6. The zero-order valence-electron chi connectivity index (χ0n) is 10.3. The van der Waals surface area contributed by atoms with Crippen molar-refractivity contribution in [2.24, 2.45) is 0 Å². The van der Waals surface area contributed by atoms with E-state index in [1.807, 2.05) is 19.1 Å². The lowest BCUT2D eigenvalue weighted by Crippen LogP contribution is -2.13. The molecule has 2 aromatic rings. The van der Waals surface area contributed by atoms with Gasteiger partial charge in [0.15, 0.2) is 0 Å². The molecule has 0 saturated heterocycles. The van der Waals surface area contributed by atoms with E-state index in [-0.39, 0.29) is 17.0 Å². The second-order valence-electron chi connectivity index (χ2n) is 3.83. The summed E-state index contributed by atoms with van der Waals surface area (Å²) in [5.41, 5.74) is 0.493. The molecule has 0 amide bonds. The van der Waals surface area contributed by atoms with Gasteiger partial charge in [0.05, 0.1) is 5.75 Å². The van der Waals surface area contributed by atoms with Gasteiger partial charge < -0.3 is 10.1 Å². The van der Waals surface area contributed by atoms with Gasteiger partial charge in [0.2, 0.25) is 5.88 Å². The summed E-state index contributed by atoms with van der Waals surface area (Å²) in [5.74, 6) is 1.76. The molecule has 0 fully saturated rings. The third kappa shape index (κ3) is 3.19. The highest BCUT2D eigenvalue weighted by Gasteiger charge is 2.14. The van der Waals surface area contributed by atoms with Crippen LogP contribution in [-0.2, 0) is 5.75 Å². The Hall–Kier alpha value is -1.27. The quantitative estimate of drug-likeness (QED) is 0.897. The van der Waals surface area contributed by atoms with Crippen LogP contribution in [-0.4, -0.2) is 20.8 Å². The van der Waals surface area contributed by atoms with Crippen LogP contribution in [0.1, 0.15) is 12.7 Å². The minimum absolute atomic E-state index is 0.192. The molecule has 0 unspecified atom stereocenters. The summed E-state index contributed by atoms with van der Waals surface area (Å²) in [6, 6.07) is 7.23. The topological polar surface area (TPSA) is 66.0 Å². The van der Waals surface area contributed by atoms with Crippen LogP contribution in [0.5, 0.6) is 5.88 Å². The number of aromatic amines is 1. The lowest BCUT2D eigenvalue weighted by molar-refractivity contribution is 0.451. The van der Waals surface area contributed by atoms with E-state index in [1.54, 1.807) is 23.9 Å². The van der Waals surface area contributed by atoms with E-state index in [9.17, 15) is 9.90 Å². The van der Waals surface area contributed by atoms with E-state index in [0.29, 0.717) is 17.1 Å². The van der Waals surface area contributed by atoms with Crippen LogP contribution in [0, 0.1) is 0 Å². The summed E-state index contributed by atoms with van der Waals surface area (Å²) in [7, 11) is 0. The number of aromatic hydroxyl groups is 1. The van der Waals surface area contributed by atoms with Gasteiger partial charge in [-0.25, -0.2) is 0 Å². The molecular formula is C13H13BrN2O2S. The molecular weight excluding hydrogens is 328 g/mol. The van der Waals surface area contributed by atoms with Crippen LogP contribution in [0.15, 0.2) is 33.5 Å². The van der Waals surface area contributed by atoms with Crippen LogP contribution in [0.25, 0.3) is 11.1 Å². The Labute approximate surface area is 123 Å². The molecule has 2 N–H and O–H groups in total. The van der Waals surface area contributed by atoms with Crippen LogP contribution in [0.2, 0.25) is 0 Å². The number of halogens is 1. The van der Waals surface area contributed by atoms with Gasteiger partial charge in [0.1, 0.15) is 11.4 Å². The molecule has 0 saturated carbocycles. The molecule has 19 heavy (non-hydrogen) atoms. The van der Waals surface area contributed by atoms with Crippen molar-refractivity contribution in [3.8, 4) is 17.0 Å². The SMILES string of the molecule is CCSCc1nc(O)c(-c2ccccc2Br)c(=O)[nH]1. The highest BCUT2D eigenvalue weighted by molar-refractivity contribution is 9.10. The van der Waals surface area contributed by atoms with E-state index in [2.05, 4.69) is 25.9 Å². The molecule has 1 aromatic heterocycles. The van der Waals surface area contributed by atoms with Gasteiger partial charge in [-0.05, 0) is 11.8 Å². The minimum atomic E-state index is -0.328. The zero-order valence-corrected chi connectivity index (χ0v) is 12.7. The van der Waals surface area contributed by atoms with Crippen molar-refractivity contribution in [2.45, 2.75) is 12.7 Å².